The fourth-order valence-electron chi connectivity index (χ4n) is 1.60. The van der Waals surface area contributed by atoms with E-state index >= 15 is 0 Å². The summed E-state index contributed by atoms with van der Waals surface area (Å²) in [5.74, 6) is -0.891. The molecule has 17 heavy (non-hydrogen) atoms. The van der Waals surface area contributed by atoms with Crippen molar-refractivity contribution in [3.05, 3.63) is 35.4 Å². The number of carboxylic acid groups (broad SMARTS) is 1. The van der Waals surface area contributed by atoms with Crippen LogP contribution in [0.3, 0.4) is 0 Å². The third-order valence-corrected chi connectivity index (χ3v) is 2.65. The monoisotopic (exact) mass is 236 g/mol. The number of hydrogen-bond acceptors (Lipinski definition) is 2. The molecule has 3 heteroatoms. The van der Waals surface area contributed by atoms with Gasteiger partial charge in [-0.2, -0.15) is 0 Å². The van der Waals surface area contributed by atoms with Crippen LogP contribution in [0.1, 0.15) is 31.4 Å². The maximum atomic E-state index is 11.0. The summed E-state index contributed by atoms with van der Waals surface area (Å²) in [5, 5.41) is 9.04. The standard InChI is InChI=1S/C14H20O3/c1-3-9-17-13(14(15)16)10-12-7-5-11(4-2)6-8-12/h5-8,13H,3-4,9-10H2,1-2H3,(H,15,16)/t13-/m1/s1. The van der Waals surface area contributed by atoms with Crippen LogP contribution in [-0.4, -0.2) is 23.8 Å². The molecule has 0 saturated carbocycles. The van der Waals surface area contributed by atoms with Crippen molar-refractivity contribution in [1.29, 1.82) is 0 Å². The predicted octanol–water partition coefficient (Wildman–Crippen LogP) is 2.67. The number of carbonyl (C=O) groups is 1. The molecule has 0 heterocycles. The molecule has 0 aliphatic rings. The summed E-state index contributed by atoms with van der Waals surface area (Å²) in [5.41, 5.74) is 2.26. The van der Waals surface area contributed by atoms with E-state index in [2.05, 4.69) is 6.92 Å². The van der Waals surface area contributed by atoms with Gasteiger partial charge in [0, 0.05) is 13.0 Å². The number of hydrogen-bond donors (Lipinski definition) is 1. The fraction of sp³-hybridized carbons (Fsp3) is 0.500. The summed E-state index contributed by atoms with van der Waals surface area (Å²) in [6.45, 7) is 4.55. The Balaban J connectivity index is 2.61. The fourth-order valence-corrected chi connectivity index (χ4v) is 1.60. The van der Waals surface area contributed by atoms with Crippen LogP contribution in [0.5, 0.6) is 0 Å². The van der Waals surface area contributed by atoms with E-state index in [0.717, 1.165) is 18.4 Å². The first-order chi connectivity index (χ1) is 8.17. The zero-order valence-electron chi connectivity index (χ0n) is 10.5. The van der Waals surface area contributed by atoms with Gasteiger partial charge in [0.25, 0.3) is 0 Å². The van der Waals surface area contributed by atoms with Crippen molar-refractivity contribution in [2.75, 3.05) is 6.61 Å². The highest BCUT2D eigenvalue weighted by molar-refractivity contribution is 5.72. The molecule has 3 nitrogen and oxygen atoms in total. The Morgan fingerprint density at radius 2 is 1.82 bits per heavy atom. The second kappa shape index (κ2) is 7.07. The molecule has 0 fully saturated rings. The third-order valence-electron chi connectivity index (χ3n) is 2.65. The van der Waals surface area contributed by atoms with Crippen LogP contribution >= 0.6 is 0 Å². The zero-order valence-corrected chi connectivity index (χ0v) is 10.5. The summed E-state index contributed by atoms with van der Waals surface area (Å²) >= 11 is 0. The lowest BCUT2D eigenvalue weighted by Crippen LogP contribution is -2.26. The number of benzene rings is 1. The number of ether oxygens (including phenoxy) is 1. The highest BCUT2D eigenvalue weighted by atomic mass is 16.5. The lowest BCUT2D eigenvalue weighted by molar-refractivity contribution is -0.150. The Hall–Kier alpha value is -1.35. The minimum absolute atomic E-state index is 0.430. The second-order valence-electron chi connectivity index (χ2n) is 4.07. The lowest BCUT2D eigenvalue weighted by atomic mass is 10.0. The number of aryl methyl sites for hydroxylation is 1. The molecule has 1 aromatic carbocycles. The van der Waals surface area contributed by atoms with Gasteiger partial charge in [-0.25, -0.2) is 4.79 Å². The van der Waals surface area contributed by atoms with Crippen molar-refractivity contribution in [3.8, 4) is 0 Å². The van der Waals surface area contributed by atoms with Gasteiger partial charge in [0.1, 0.15) is 0 Å². The zero-order chi connectivity index (χ0) is 12.7. The second-order valence-corrected chi connectivity index (χ2v) is 4.07. The molecule has 0 aliphatic heterocycles. The Kier molecular flexibility index (Phi) is 5.70. The van der Waals surface area contributed by atoms with Gasteiger partial charge in [-0.3, -0.25) is 0 Å². The van der Waals surface area contributed by atoms with E-state index in [0.29, 0.717) is 13.0 Å². The van der Waals surface area contributed by atoms with E-state index in [1.807, 2.05) is 31.2 Å². The van der Waals surface area contributed by atoms with Gasteiger partial charge in [0.2, 0.25) is 0 Å². The smallest absolute Gasteiger partial charge is 0.333 e. The van der Waals surface area contributed by atoms with Crippen LogP contribution in [-0.2, 0) is 22.4 Å². The average molecular weight is 236 g/mol. The maximum Gasteiger partial charge on any atom is 0.333 e. The van der Waals surface area contributed by atoms with Gasteiger partial charge in [0.05, 0.1) is 0 Å². The molecular formula is C14H20O3. The molecule has 0 saturated heterocycles. The molecular weight excluding hydrogens is 216 g/mol. The van der Waals surface area contributed by atoms with E-state index in [9.17, 15) is 4.79 Å². The van der Waals surface area contributed by atoms with Crippen LogP contribution in [0.15, 0.2) is 24.3 Å². The van der Waals surface area contributed by atoms with Gasteiger partial charge in [-0.05, 0) is 24.0 Å². The Morgan fingerprint density at radius 1 is 1.24 bits per heavy atom. The summed E-state index contributed by atoms with van der Waals surface area (Å²) < 4.78 is 5.31. The van der Waals surface area contributed by atoms with E-state index in [4.69, 9.17) is 9.84 Å². The summed E-state index contributed by atoms with van der Waals surface area (Å²) in [4.78, 5) is 11.0. The third kappa shape index (κ3) is 4.57. The van der Waals surface area contributed by atoms with Gasteiger partial charge >= 0.3 is 5.97 Å². The molecule has 0 aliphatic carbocycles. The first kappa shape index (κ1) is 13.7. The molecule has 0 spiro atoms. The first-order valence-corrected chi connectivity index (χ1v) is 6.09. The molecule has 1 rings (SSSR count). The van der Waals surface area contributed by atoms with Crippen molar-refractivity contribution in [1.82, 2.24) is 0 Å². The van der Waals surface area contributed by atoms with Crippen LogP contribution in [0, 0.1) is 0 Å². The van der Waals surface area contributed by atoms with E-state index in [1.54, 1.807) is 0 Å². The summed E-state index contributed by atoms with van der Waals surface area (Å²) in [7, 11) is 0. The topological polar surface area (TPSA) is 46.5 Å². The van der Waals surface area contributed by atoms with E-state index < -0.39 is 12.1 Å². The molecule has 0 unspecified atom stereocenters. The lowest BCUT2D eigenvalue weighted by Gasteiger charge is -2.13. The van der Waals surface area contributed by atoms with Gasteiger partial charge in [-0.1, -0.05) is 38.1 Å². The molecule has 0 amide bonds. The summed E-state index contributed by atoms with van der Waals surface area (Å²) in [6.07, 6.45) is 1.52. The van der Waals surface area contributed by atoms with Crippen molar-refractivity contribution in [2.45, 2.75) is 39.2 Å². The van der Waals surface area contributed by atoms with Crippen LogP contribution in [0.2, 0.25) is 0 Å². The van der Waals surface area contributed by atoms with Crippen LogP contribution in [0.4, 0.5) is 0 Å². The van der Waals surface area contributed by atoms with E-state index in [1.165, 1.54) is 5.56 Å². The maximum absolute atomic E-state index is 11.0. The Labute approximate surface area is 102 Å². The molecule has 94 valence electrons. The highest BCUT2D eigenvalue weighted by Gasteiger charge is 2.17. The normalized spacial score (nSPS) is 12.4. The SMILES string of the molecule is CCCO[C@H](Cc1ccc(CC)cc1)C(=O)O. The molecule has 1 atom stereocenters. The quantitative estimate of drug-likeness (QED) is 0.791. The van der Waals surface area contributed by atoms with Crippen molar-refractivity contribution in [2.24, 2.45) is 0 Å². The minimum atomic E-state index is -0.891. The predicted molar refractivity (Wildman–Crippen MR) is 67.2 cm³/mol. The average Bonchev–Trinajstić information content (AvgIpc) is 2.35. The molecule has 0 aromatic heterocycles. The van der Waals surface area contributed by atoms with Crippen molar-refractivity contribution in [3.63, 3.8) is 0 Å². The Bertz CT molecular complexity index is 343. The van der Waals surface area contributed by atoms with Gasteiger partial charge in [-0.15, -0.1) is 0 Å². The number of aliphatic carboxylic acids is 1. The molecule has 0 radical (unpaired) electrons. The molecule has 1 N–H and O–H groups in total. The van der Waals surface area contributed by atoms with Crippen molar-refractivity contribution < 1.29 is 14.6 Å². The molecule has 1 aromatic rings. The highest BCUT2D eigenvalue weighted by Crippen LogP contribution is 2.10. The van der Waals surface area contributed by atoms with Crippen LogP contribution < -0.4 is 0 Å². The summed E-state index contributed by atoms with van der Waals surface area (Å²) in [6, 6.07) is 8.02. The molecule has 0 bridgehead atoms. The van der Waals surface area contributed by atoms with Gasteiger partial charge in [0.15, 0.2) is 6.10 Å². The Morgan fingerprint density at radius 3 is 2.29 bits per heavy atom. The van der Waals surface area contributed by atoms with Crippen molar-refractivity contribution >= 4 is 5.97 Å². The number of carboxylic acids is 1. The van der Waals surface area contributed by atoms with Gasteiger partial charge < -0.3 is 9.84 Å². The number of rotatable bonds is 7. The minimum Gasteiger partial charge on any atom is -0.479 e. The first-order valence-electron chi connectivity index (χ1n) is 6.09. The van der Waals surface area contributed by atoms with Crippen LogP contribution in [0.25, 0.3) is 0 Å². The largest absolute Gasteiger partial charge is 0.479 e. The van der Waals surface area contributed by atoms with E-state index in [-0.39, 0.29) is 0 Å².